The molecule has 0 amide bonds. The Kier molecular flexibility index (Phi) is 12.6. The van der Waals surface area contributed by atoms with Crippen molar-refractivity contribution >= 4 is 5.97 Å². The van der Waals surface area contributed by atoms with E-state index in [1.807, 2.05) is 20.8 Å². The van der Waals surface area contributed by atoms with E-state index in [0.717, 1.165) is 19.3 Å². The zero-order valence-corrected chi connectivity index (χ0v) is 14.2. The van der Waals surface area contributed by atoms with Gasteiger partial charge in [0.1, 0.15) is 6.10 Å². The highest BCUT2D eigenvalue weighted by molar-refractivity contribution is 5.69. The Morgan fingerprint density at radius 1 is 0.905 bits per heavy atom. The summed E-state index contributed by atoms with van der Waals surface area (Å²) in [7, 11) is 1.65. The third-order valence-corrected chi connectivity index (χ3v) is 2.95. The molecule has 0 saturated carbocycles. The van der Waals surface area contributed by atoms with Crippen LogP contribution in [0.2, 0.25) is 0 Å². The molecule has 0 aromatic carbocycles. The van der Waals surface area contributed by atoms with E-state index >= 15 is 0 Å². The fraction of sp³-hybridized carbons (Fsp3) is 0.938. The lowest BCUT2D eigenvalue weighted by Crippen LogP contribution is -2.27. The molecule has 0 bridgehead atoms. The Hall–Kier alpha value is -0.650. The molecule has 0 aliphatic rings. The lowest BCUT2D eigenvalue weighted by molar-refractivity contribution is -0.153. The molecule has 0 aliphatic heterocycles. The maximum atomic E-state index is 11.5. The lowest BCUT2D eigenvalue weighted by atomic mass is 10.2. The zero-order chi connectivity index (χ0) is 16.1. The van der Waals surface area contributed by atoms with Gasteiger partial charge in [-0.05, 0) is 27.2 Å². The van der Waals surface area contributed by atoms with Crippen LogP contribution in [0.5, 0.6) is 0 Å². The van der Waals surface area contributed by atoms with Gasteiger partial charge in [0.2, 0.25) is 0 Å². The molecule has 3 atom stereocenters. The third-order valence-electron chi connectivity index (χ3n) is 2.95. The maximum absolute atomic E-state index is 11.5. The zero-order valence-electron chi connectivity index (χ0n) is 14.2. The minimum Gasteiger partial charge on any atom is -0.460 e. The first-order valence-electron chi connectivity index (χ1n) is 7.91. The van der Waals surface area contributed by atoms with Gasteiger partial charge in [0.25, 0.3) is 0 Å². The van der Waals surface area contributed by atoms with E-state index < -0.39 is 0 Å². The number of methoxy groups -OCH3 is 1. The Labute approximate surface area is 129 Å². The van der Waals surface area contributed by atoms with Gasteiger partial charge in [-0.2, -0.15) is 0 Å². The number of hydrogen-bond donors (Lipinski definition) is 0. The number of rotatable bonds is 13. The number of esters is 1. The summed E-state index contributed by atoms with van der Waals surface area (Å²) in [6.07, 6.45) is 3.34. The number of carbonyl (C=O) groups is 1. The fourth-order valence-electron chi connectivity index (χ4n) is 1.77. The standard InChI is InChI=1S/C16H32O5/c1-6-7-8-9-16(17)21-15(4)12-20-14(3)11-19-13(2)10-18-5/h13-15H,6-12H2,1-5H3. The highest BCUT2D eigenvalue weighted by atomic mass is 16.6. The van der Waals surface area contributed by atoms with Gasteiger partial charge in [-0.25, -0.2) is 0 Å². The Morgan fingerprint density at radius 2 is 1.48 bits per heavy atom. The molecular weight excluding hydrogens is 272 g/mol. The summed E-state index contributed by atoms with van der Waals surface area (Å²) in [6, 6.07) is 0. The van der Waals surface area contributed by atoms with Crippen molar-refractivity contribution in [3.05, 3.63) is 0 Å². The SMILES string of the molecule is CCCCCC(=O)OC(C)COC(C)COC(C)COC. The first-order valence-corrected chi connectivity index (χ1v) is 7.91. The summed E-state index contributed by atoms with van der Waals surface area (Å²) in [5, 5.41) is 0. The minimum atomic E-state index is -0.224. The highest BCUT2D eigenvalue weighted by Gasteiger charge is 2.12. The molecule has 0 spiro atoms. The van der Waals surface area contributed by atoms with Crippen LogP contribution in [0.3, 0.4) is 0 Å². The first kappa shape index (κ1) is 20.3. The number of unbranched alkanes of at least 4 members (excludes halogenated alkanes) is 2. The fourth-order valence-corrected chi connectivity index (χ4v) is 1.77. The average molecular weight is 304 g/mol. The van der Waals surface area contributed by atoms with Gasteiger partial charge >= 0.3 is 5.97 Å². The quantitative estimate of drug-likeness (QED) is 0.387. The van der Waals surface area contributed by atoms with Gasteiger partial charge in [-0.15, -0.1) is 0 Å². The Balaban J connectivity index is 3.66. The summed E-state index contributed by atoms with van der Waals surface area (Å²) in [5.74, 6) is -0.142. The van der Waals surface area contributed by atoms with Crippen LogP contribution in [0.25, 0.3) is 0 Å². The monoisotopic (exact) mass is 304 g/mol. The molecule has 0 heterocycles. The van der Waals surface area contributed by atoms with Crippen LogP contribution in [0.15, 0.2) is 0 Å². The molecule has 3 unspecified atom stereocenters. The molecule has 0 N–H and O–H groups in total. The molecule has 5 nitrogen and oxygen atoms in total. The molecule has 0 radical (unpaired) electrons. The van der Waals surface area contributed by atoms with Crippen LogP contribution >= 0.6 is 0 Å². The normalized spacial score (nSPS) is 15.5. The molecule has 0 aromatic heterocycles. The number of hydrogen-bond acceptors (Lipinski definition) is 5. The maximum Gasteiger partial charge on any atom is 0.306 e. The van der Waals surface area contributed by atoms with Gasteiger partial charge in [0.05, 0.1) is 32.0 Å². The minimum absolute atomic E-state index is 0.0365. The van der Waals surface area contributed by atoms with Crippen LogP contribution in [-0.4, -0.2) is 51.2 Å². The van der Waals surface area contributed by atoms with E-state index in [1.54, 1.807) is 7.11 Å². The van der Waals surface area contributed by atoms with Crippen molar-refractivity contribution in [3.63, 3.8) is 0 Å². The molecule has 0 aromatic rings. The summed E-state index contributed by atoms with van der Waals surface area (Å²) < 4.78 is 21.5. The van der Waals surface area contributed by atoms with Gasteiger partial charge < -0.3 is 18.9 Å². The smallest absolute Gasteiger partial charge is 0.306 e. The van der Waals surface area contributed by atoms with Crippen LogP contribution < -0.4 is 0 Å². The van der Waals surface area contributed by atoms with Crippen molar-refractivity contribution in [3.8, 4) is 0 Å². The highest BCUT2D eigenvalue weighted by Crippen LogP contribution is 2.04. The van der Waals surface area contributed by atoms with E-state index in [2.05, 4.69) is 6.92 Å². The summed E-state index contributed by atoms with van der Waals surface area (Å²) in [5.41, 5.74) is 0. The Bertz CT molecular complexity index is 257. The molecule has 21 heavy (non-hydrogen) atoms. The van der Waals surface area contributed by atoms with E-state index in [-0.39, 0.29) is 24.3 Å². The van der Waals surface area contributed by atoms with Crippen molar-refractivity contribution in [2.45, 2.75) is 71.7 Å². The molecule has 0 rings (SSSR count). The van der Waals surface area contributed by atoms with Gasteiger partial charge in [0.15, 0.2) is 0 Å². The largest absolute Gasteiger partial charge is 0.460 e. The molecule has 5 heteroatoms. The molecule has 0 fully saturated rings. The van der Waals surface area contributed by atoms with Gasteiger partial charge in [-0.1, -0.05) is 19.8 Å². The average Bonchev–Trinajstić information content (AvgIpc) is 2.43. The topological polar surface area (TPSA) is 54.0 Å². The van der Waals surface area contributed by atoms with E-state index in [0.29, 0.717) is 26.2 Å². The Morgan fingerprint density at radius 3 is 2.05 bits per heavy atom. The van der Waals surface area contributed by atoms with Crippen LogP contribution in [0, 0.1) is 0 Å². The van der Waals surface area contributed by atoms with Crippen molar-refractivity contribution in [2.75, 3.05) is 26.9 Å². The number of ether oxygens (including phenoxy) is 4. The predicted octanol–water partition coefficient (Wildman–Crippen LogP) is 2.96. The summed E-state index contributed by atoms with van der Waals surface area (Å²) in [6.45, 7) is 9.31. The molecule has 0 saturated heterocycles. The van der Waals surface area contributed by atoms with E-state index in [4.69, 9.17) is 18.9 Å². The van der Waals surface area contributed by atoms with Crippen LogP contribution in [0.1, 0.15) is 53.4 Å². The second-order valence-electron chi connectivity index (χ2n) is 5.50. The third kappa shape index (κ3) is 12.8. The molecular formula is C16H32O5. The second kappa shape index (κ2) is 13.0. The first-order chi connectivity index (χ1) is 9.99. The van der Waals surface area contributed by atoms with E-state index in [1.165, 1.54) is 0 Å². The van der Waals surface area contributed by atoms with Crippen LogP contribution in [-0.2, 0) is 23.7 Å². The van der Waals surface area contributed by atoms with Crippen molar-refractivity contribution in [2.24, 2.45) is 0 Å². The summed E-state index contributed by atoms with van der Waals surface area (Å²) >= 11 is 0. The van der Waals surface area contributed by atoms with Crippen molar-refractivity contribution < 1.29 is 23.7 Å². The van der Waals surface area contributed by atoms with Crippen LogP contribution in [0.4, 0.5) is 0 Å². The number of carbonyl (C=O) groups excluding carboxylic acids is 1. The molecule has 0 aliphatic carbocycles. The van der Waals surface area contributed by atoms with Crippen molar-refractivity contribution in [1.29, 1.82) is 0 Å². The van der Waals surface area contributed by atoms with Gasteiger partial charge in [0, 0.05) is 13.5 Å². The lowest BCUT2D eigenvalue weighted by Gasteiger charge is -2.19. The summed E-state index contributed by atoms with van der Waals surface area (Å²) in [4.78, 5) is 11.5. The van der Waals surface area contributed by atoms with Crippen molar-refractivity contribution in [1.82, 2.24) is 0 Å². The predicted molar refractivity (Wildman–Crippen MR) is 82.4 cm³/mol. The second-order valence-corrected chi connectivity index (χ2v) is 5.50. The van der Waals surface area contributed by atoms with E-state index in [9.17, 15) is 4.79 Å². The van der Waals surface area contributed by atoms with Gasteiger partial charge in [-0.3, -0.25) is 4.79 Å². The molecule has 126 valence electrons.